The molecule has 126 valence electrons. The number of carbonyl (C=O) groups excluding carboxylic acids is 1. The van der Waals surface area contributed by atoms with Crippen LogP contribution >= 0.6 is 11.3 Å². The molecule has 0 radical (unpaired) electrons. The van der Waals surface area contributed by atoms with Gasteiger partial charge in [-0.05, 0) is 32.8 Å². The molecule has 0 unspecified atom stereocenters. The van der Waals surface area contributed by atoms with Gasteiger partial charge in [0.15, 0.2) is 5.65 Å². The second-order valence-electron chi connectivity index (χ2n) is 5.50. The number of nitrogens with zero attached hydrogens (tertiary/aromatic N) is 4. The molecule has 3 heterocycles. The van der Waals surface area contributed by atoms with Crippen molar-refractivity contribution < 1.29 is 4.79 Å². The highest BCUT2D eigenvalue weighted by molar-refractivity contribution is 7.09. The number of nitrogen functional groups attached to an aromatic ring is 1. The van der Waals surface area contributed by atoms with E-state index < -0.39 is 0 Å². The summed E-state index contributed by atoms with van der Waals surface area (Å²) in [6, 6.07) is 1.73. The molecule has 0 fully saturated rings. The van der Waals surface area contributed by atoms with Gasteiger partial charge in [0.05, 0.1) is 16.8 Å². The number of pyridine rings is 1. The van der Waals surface area contributed by atoms with Crippen LogP contribution in [0.3, 0.4) is 0 Å². The van der Waals surface area contributed by atoms with Gasteiger partial charge in [-0.3, -0.25) is 9.36 Å². The van der Waals surface area contributed by atoms with Gasteiger partial charge in [0.2, 0.25) is 5.95 Å². The van der Waals surface area contributed by atoms with E-state index in [4.69, 9.17) is 5.73 Å². The maximum absolute atomic E-state index is 12.3. The van der Waals surface area contributed by atoms with Crippen LogP contribution in [-0.2, 0) is 13.0 Å². The number of aromatic nitrogens is 4. The largest absolute Gasteiger partial charge is 0.369 e. The van der Waals surface area contributed by atoms with E-state index in [0.717, 1.165) is 18.5 Å². The zero-order valence-electron chi connectivity index (χ0n) is 13.7. The minimum Gasteiger partial charge on any atom is -0.369 e. The number of thiazole rings is 1. The van der Waals surface area contributed by atoms with E-state index in [-0.39, 0.29) is 5.91 Å². The molecular formula is C16H20N6OS. The van der Waals surface area contributed by atoms with Gasteiger partial charge >= 0.3 is 0 Å². The lowest BCUT2D eigenvalue weighted by molar-refractivity contribution is 0.0953. The van der Waals surface area contributed by atoms with E-state index in [9.17, 15) is 4.79 Å². The number of nitrogens with one attached hydrogen (secondary N) is 1. The zero-order valence-corrected chi connectivity index (χ0v) is 14.6. The van der Waals surface area contributed by atoms with Crippen molar-refractivity contribution >= 4 is 34.4 Å². The third-order valence-corrected chi connectivity index (χ3v) is 4.90. The normalized spacial score (nSPS) is 11.1. The predicted octanol–water partition coefficient (Wildman–Crippen LogP) is 2.16. The number of nitrogens with two attached hydrogens (primary N) is 1. The van der Waals surface area contributed by atoms with Gasteiger partial charge in [0, 0.05) is 24.2 Å². The van der Waals surface area contributed by atoms with Gasteiger partial charge in [-0.25, -0.2) is 15.0 Å². The molecule has 0 spiro atoms. The average Bonchev–Trinajstić information content (AvgIpc) is 3.12. The number of hydrogen-bond acceptors (Lipinski definition) is 6. The van der Waals surface area contributed by atoms with E-state index in [2.05, 4.69) is 20.3 Å². The first kappa shape index (κ1) is 16.4. The van der Waals surface area contributed by atoms with Crippen molar-refractivity contribution in [1.29, 1.82) is 0 Å². The number of imidazole rings is 1. The molecule has 0 aliphatic heterocycles. The van der Waals surface area contributed by atoms with Crippen molar-refractivity contribution in [2.45, 2.75) is 33.2 Å². The Kier molecular flexibility index (Phi) is 4.75. The molecule has 1 amide bonds. The third kappa shape index (κ3) is 3.23. The first-order valence-electron chi connectivity index (χ1n) is 7.89. The number of aryl methyl sites for hydroxylation is 3. The average molecular weight is 344 g/mol. The fraction of sp³-hybridized carbons (Fsp3) is 0.375. The summed E-state index contributed by atoms with van der Waals surface area (Å²) in [6.45, 7) is 5.29. The molecule has 0 saturated heterocycles. The second-order valence-corrected chi connectivity index (χ2v) is 6.44. The van der Waals surface area contributed by atoms with Gasteiger partial charge in [-0.2, -0.15) is 0 Å². The molecule has 3 N–H and O–H groups in total. The number of amides is 1. The van der Waals surface area contributed by atoms with E-state index in [0.29, 0.717) is 35.8 Å². The molecule has 0 aliphatic carbocycles. The smallest absolute Gasteiger partial charge is 0.252 e. The Hall–Kier alpha value is -2.48. The van der Waals surface area contributed by atoms with Crippen LogP contribution in [0.25, 0.3) is 11.2 Å². The first-order chi connectivity index (χ1) is 11.6. The van der Waals surface area contributed by atoms with E-state index in [1.165, 1.54) is 4.88 Å². The highest BCUT2D eigenvalue weighted by Crippen LogP contribution is 2.17. The number of hydrogen-bond donors (Lipinski definition) is 2. The molecule has 0 aromatic carbocycles. The summed E-state index contributed by atoms with van der Waals surface area (Å²) in [7, 11) is 0. The number of anilines is 1. The van der Waals surface area contributed by atoms with Crippen molar-refractivity contribution in [2.24, 2.45) is 0 Å². The molecule has 0 atom stereocenters. The van der Waals surface area contributed by atoms with Crippen molar-refractivity contribution in [3.05, 3.63) is 33.9 Å². The molecule has 3 aromatic rings. The Balaban J connectivity index is 1.60. The minimum absolute atomic E-state index is 0.143. The van der Waals surface area contributed by atoms with Crippen molar-refractivity contribution in [2.75, 3.05) is 12.3 Å². The first-order valence-corrected chi connectivity index (χ1v) is 8.77. The van der Waals surface area contributed by atoms with Crippen LogP contribution in [0.4, 0.5) is 5.95 Å². The lowest BCUT2D eigenvalue weighted by Gasteiger charge is -2.05. The zero-order chi connectivity index (χ0) is 17.1. The van der Waals surface area contributed by atoms with Crippen LogP contribution < -0.4 is 11.1 Å². The van der Waals surface area contributed by atoms with Gasteiger partial charge in [-0.1, -0.05) is 0 Å². The summed E-state index contributed by atoms with van der Waals surface area (Å²) in [5, 5.41) is 2.92. The van der Waals surface area contributed by atoms with E-state index in [1.807, 2.05) is 23.9 Å². The van der Waals surface area contributed by atoms with Crippen molar-refractivity contribution in [3.8, 4) is 0 Å². The van der Waals surface area contributed by atoms with Crippen LogP contribution in [0.2, 0.25) is 0 Å². The van der Waals surface area contributed by atoms with Crippen LogP contribution in [0, 0.1) is 6.92 Å². The standard InChI is InChI=1S/C16H20N6OS/c1-3-22-14-12(21-16(22)17)7-11(8-19-14)15(23)18-6-4-5-13-10(2)20-9-24-13/h7-9H,3-6H2,1-2H3,(H2,17,21)(H,18,23). The van der Waals surface area contributed by atoms with Crippen LogP contribution in [-0.4, -0.2) is 32.0 Å². The molecule has 0 aliphatic rings. The summed E-state index contributed by atoms with van der Waals surface area (Å²) in [5.41, 5.74) is 10.6. The summed E-state index contributed by atoms with van der Waals surface area (Å²) in [4.78, 5) is 26.3. The fourth-order valence-corrected chi connectivity index (χ4v) is 3.41. The summed E-state index contributed by atoms with van der Waals surface area (Å²) in [6.07, 6.45) is 3.37. The molecule has 0 bridgehead atoms. The highest BCUT2D eigenvalue weighted by Gasteiger charge is 2.12. The number of rotatable bonds is 6. The SMILES string of the molecule is CCn1c(N)nc2cc(C(=O)NCCCc3scnc3C)cnc21. The maximum atomic E-state index is 12.3. The quantitative estimate of drug-likeness (QED) is 0.668. The Bertz CT molecular complexity index is 869. The maximum Gasteiger partial charge on any atom is 0.252 e. The van der Waals surface area contributed by atoms with Crippen molar-refractivity contribution in [3.63, 3.8) is 0 Å². The van der Waals surface area contributed by atoms with Gasteiger partial charge in [-0.15, -0.1) is 11.3 Å². The minimum atomic E-state index is -0.143. The molecule has 3 rings (SSSR count). The molecule has 24 heavy (non-hydrogen) atoms. The summed E-state index contributed by atoms with van der Waals surface area (Å²) >= 11 is 1.66. The van der Waals surface area contributed by atoms with Gasteiger partial charge in [0.25, 0.3) is 5.91 Å². The molecule has 8 heteroatoms. The molecule has 3 aromatic heterocycles. The lowest BCUT2D eigenvalue weighted by atomic mass is 10.2. The number of carbonyl (C=O) groups is 1. The van der Waals surface area contributed by atoms with E-state index in [1.54, 1.807) is 23.6 Å². The molecular weight excluding hydrogens is 324 g/mol. The molecule has 0 saturated carbocycles. The summed E-state index contributed by atoms with van der Waals surface area (Å²) in [5.74, 6) is 0.271. The topological polar surface area (TPSA) is 98.7 Å². The Morgan fingerprint density at radius 1 is 1.42 bits per heavy atom. The van der Waals surface area contributed by atoms with E-state index >= 15 is 0 Å². The van der Waals surface area contributed by atoms with Gasteiger partial charge in [0.1, 0.15) is 5.52 Å². The van der Waals surface area contributed by atoms with Crippen LogP contribution in [0.15, 0.2) is 17.8 Å². The fourth-order valence-electron chi connectivity index (χ4n) is 2.58. The Morgan fingerprint density at radius 2 is 2.25 bits per heavy atom. The summed E-state index contributed by atoms with van der Waals surface area (Å²) < 4.78 is 1.81. The van der Waals surface area contributed by atoms with Crippen LogP contribution in [0.1, 0.15) is 34.3 Å². The third-order valence-electron chi connectivity index (χ3n) is 3.90. The monoisotopic (exact) mass is 344 g/mol. The predicted molar refractivity (Wildman–Crippen MR) is 95.1 cm³/mol. The second kappa shape index (κ2) is 6.96. The van der Waals surface area contributed by atoms with Crippen LogP contribution in [0.5, 0.6) is 0 Å². The number of fused-ring (bicyclic) bond motifs is 1. The molecule has 7 nitrogen and oxygen atoms in total. The highest BCUT2D eigenvalue weighted by atomic mass is 32.1. The lowest BCUT2D eigenvalue weighted by Crippen LogP contribution is -2.24. The van der Waals surface area contributed by atoms with Crippen molar-refractivity contribution in [1.82, 2.24) is 24.8 Å². The Labute approximate surface area is 143 Å². The Morgan fingerprint density at radius 3 is 2.96 bits per heavy atom. The van der Waals surface area contributed by atoms with Gasteiger partial charge < -0.3 is 11.1 Å².